The number of hydrogen-bond donors (Lipinski definition) is 3. The first-order chi connectivity index (χ1) is 11.3. The maximum Gasteiger partial charge on any atom is 0.272 e. The number of aromatic amines is 1. The molecule has 24 heavy (non-hydrogen) atoms. The van der Waals surface area contributed by atoms with Gasteiger partial charge >= 0.3 is 0 Å². The normalized spacial score (nSPS) is 33.3. The Bertz CT molecular complexity index is 603. The van der Waals surface area contributed by atoms with E-state index >= 15 is 0 Å². The molecule has 1 amide bonds. The molecule has 3 N–H and O–H groups in total. The SMILES string of the molecule is CC(C)C1(O)CCC(NC(=O)c2n[nH]c3c2C[C@H](C)O[C@@H]3C)CC1. The Morgan fingerprint density at radius 3 is 2.67 bits per heavy atom. The fraction of sp³-hybridized carbons (Fsp3) is 0.778. The summed E-state index contributed by atoms with van der Waals surface area (Å²) in [4.78, 5) is 12.7. The molecule has 1 aliphatic carbocycles. The Morgan fingerprint density at radius 1 is 1.38 bits per heavy atom. The van der Waals surface area contributed by atoms with Crippen LogP contribution in [0.15, 0.2) is 0 Å². The molecular formula is C18H29N3O3. The van der Waals surface area contributed by atoms with Gasteiger partial charge in [-0.1, -0.05) is 13.8 Å². The molecule has 1 saturated carbocycles. The van der Waals surface area contributed by atoms with Crippen LogP contribution in [0, 0.1) is 5.92 Å². The maximum atomic E-state index is 12.7. The largest absolute Gasteiger partial charge is 0.390 e. The summed E-state index contributed by atoms with van der Waals surface area (Å²) >= 11 is 0. The standard InChI is InChI=1S/C18H29N3O3/c1-10(2)18(23)7-5-13(6-8-18)19-17(22)16-14-9-11(3)24-12(4)15(14)20-21-16/h10-13,23H,5-9H2,1-4H3,(H,19,22)(H,20,21)/t11-,12+,13?,18?/m0/s1. The average molecular weight is 335 g/mol. The summed E-state index contributed by atoms with van der Waals surface area (Å²) in [6.07, 6.45) is 3.82. The van der Waals surface area contributed by atoms with Crippen molar-refractivity contribution in [2.75, 3.05) is 0 Å². The number of H-pyrrole nitrogens is 1. The zero-order valence-electron chi connectivity index (χ0n) is 15.1. The first-order valence-corrected chi connectivity index (χ1v) is 9.06. The summed E-state index contributed by atoms with van der Waals surface area (Å²) in [6, 6.07) is 0.110. The summed E-state index contributed by atoms with van der Waals surface area (Å²) in [5.74, 6) is 0.129. The fourth-order valence-corrected chi connectivity index (χ4v) is 3.95. The summed E-state index contributed by atoms with van der Waals surface area (Å²) in [6.45, 7) is 8.10. The Morgan fingerprint density at radius 2 is 2.04 bits per heavy atom. The molecule has 6 heteroatoms. The van der Waals surface area contributed by atoms with Crippen LogP contribution in [0.2, 0.25) is 0 Å². The van der Waals surface area contributed by atoms with Gasteiger partial charge < -0.3 is 15.2 Å². The molecular weight excluding hydrogens is 306 g/mol. The van der Waals surface area contributed by atoms with Crippen LogP contribution in [0.4, 0.5) is 0 Å². The monoisotopic (exact) mass is 335 g/mol. The van der Waals surface area contributed by atoms with Crippen LogP contribution in [0.3, 0.4) is 0 Å². The van der Waals surface area contributed by atoms with Gasteiger partial charge in [-0.2, -0.15) is 5.10 Å². The number of rotatable bonds is 3. The van der Waals surface area contributed by atoms with Gasteiger partial charge in [0, 0.05) is 18.0 Å². The zero-order chi connectivity index (χ0) is 17.5. The highest BCUT2D eigenvalue weighted by atomic mass is 16.5. The minimum absolute atomic E-state index is 0.0615. The molecule has 3 rings (SSSR count). The van der Waals surface area contributed by atoms with E-state index in [1.807, 2.05) is 13.8 Å². The zero-order valence-corrected chi connectivity index (χ0v) is 15.1. The number of carbonyl (C=O) groups is 1. The Labute approximate surface area is 143 Å². The lowest BCUT2D eigenvalue weighted by Crippen LogP contribution is -2.46. The molecule has 2 atom stereocenters. The van der Waals surface area contributed by atoms with E-state index in [-0.39, 0.29) is 30.1 Å². The van der Waals surface area contributed by atoms with Crippen LogP contribution in [-0.2, 0) is 11.2 Å². The minimum Gasteiger partial charge on any atom is -0.390 e. The first kappa shape index (κ1) is 17.4. The maximum absolute atomic E-state index is 12.7. The van der Waals surface area contributed by atoms with Gasteiger partial charge in [0.2, 0.25) is 0 Å². The Balaban J connectivity index is 1.65. The second-order valence-corrected chi connectivity index (χ2v) is 7.76. The van der Waals surface area contributed by atoms with E-state index in [9.17, 15) is 9.90 Å². The molecule has 2 heterocycles. The lowest BCUT2D eigenvalue weighted by molar-refractivity contribution is -0.0424. The van der Waals surface area contributed by atoms with Crippen LogP contribution in [-0.4, -0.2) is 39.0 Å². The molecule has 1 fully saturated rings. The molecule has 1 aliphatic heterocycles. The van der Waals surface area contributed by atoms with Gasteiger partial charge in [0.25, 0.3) is 5.91 Å². The smallest absolute Gasteiger partial charge is 0.272 e. The van der Waals surface area contributed by atoms with Crippen molar-refractivity contribution in [1.82, 2.24) is 15.5 Å². The van der Waals surface area contributed by atoms with Gasteiger partial charge in [-0.15, -0.1) is 0 Å². The number of hydrogen-bond acceptors (Lipinski definition) is 4. The third-order valence-electron chi connectivity index (χ3n) is 5.71. The molecule has 0 radical (unpaired) electrons. The molecule has 0 spiro atoms. The lowest BCUT2D eigenvalue weighted by Gasteiger charge is -2.39. The van der Waals surface area contributed by atoms with Crippen molar-refractivity contribution in [3.63, 3.8) is 0 Å². The highest BCUT2D eigenvalue weighted by molar-refractivity contribution is 5.94. The van der Waals surface area contributed by atoms with Crippen LogP contribution >= 0.6 is 0 Å². The summed E-state index contributed by atoms with van der Waals surface area (Å²) in [5.41, 5.74) is 1.80. The number of carbonyl (C=O) groups excluding carboxylic acids is 1. The molecule has 0 saturated heterocycles. The van der Waals surface area contributed by atoms with E-state index in [2.05, 4.69) is 29.4 Å². The summed E-state index contributed by atoms with van der Waals surface area (Å²) in [7, 11) is 0. The predicted octanol–water partition coefficient (Wildman–Crippen LogP) is 2.49. The molecule has 0 unspecified atom stereocenters. The van der Waals surface area contributed by atoms with Gasteiger partial charge in [-0.3, -0.25) is 9.89 Å². The number of nitrogens with zero attached hydrogens (tertiary/aromatic N) is 1. The summed E-state index contributed by atoms with van der Waals surface area (Å²) in [5, 5.41) is 20.9. The van der Waals surface area contributed by atoms with Gasteiger partial charge in [0.1, 0.15) is 0 Å². The number of aromatic nitrogens is 2. The van der Waals surface area contributed by atoms with Crippen LogP contribution < -0.4 is 5.32 Å². The van der Waals surface area contributed by atoms with Crippen molar-refractivity contribution in [1.29, 1.82) is 0 Å². The summed E-state index contributed by atoms with van der Waals surface area (Å²) < 4.78 is 5.77. The quantitative estimate of drug-likeness (QED) is 0.792. The fourth-order valence-electron chi connectivity index (χ4n) is 3.95. The second-order valence-electron chi connectivity index (χ2n) is 7.76. The highest BCUT2D eigenvalue weighted by Crippen LogP contribution is 2.35. The number of nitrogens with one attached hydrogen (secondary N) is 2. The predicted molar refractivity (Wildman–Crippen MR) is 90.8 cm³/mol. The number of amides is 1. The number of fused-ring (bicyclic) bond motifs is 1. The van der Waals surface area contributed by atoms with Gasteiger partial charge in [0.15, 0.2) is 5.69 Å². The lowest BCUT2D eigenvalue weighted by atomic mass is 9.75. The van der Waals surface area contributed by atoms with Crippen LogP contribution in [0.25, 0.3) is 0 Å². The van der Waals surface area contributed by atoms with Crippen LogP contribution in [0.1, 0.15) is 81.2 Å². The van der Waals surface area contributed by atoms with Gasteiger partial charge in [0.05, 0.1) is 23.5 Å². The van der Waals surface area contributed by atoms with E-state index in [1.54, 1.807) is 0 Å². The van der Waals surface area contributed by atoms with Gasteiger partial charge in [-0.25, -0.2) is 0 Å². The molecule has 1 aromatic heterocycles. The van der Waals surface area contributed by atoms with Crippen molar-refractivity contribution in [2.24, 2.45) is 5.92 Å². The number of ether oxygens (including phenoxy) is 1. The minimum atomic E-state index is -0.588. The Kier molecular flexibility index (Phi) is 4.71. The molecule has 0 bridgehead atoms. The van der Waals surface area contributed by atoms with E-state index in [0.717, 1.165) is 36.9 Å². The van der Waals surface area contributed by atoms with E-state index < -0.39 is 5.60 Å². The molecule has 134 valence electrons. The second kappa shape index (κ2) is 6.48. The molecule has 2 aliphatic rings. The molecule has 0 aromatic carbocycles. The first-order valence-electron chi connectivity index (χ1n) is 9.06. The third-order valence-corrected chi connectivity index (χ3v) is 5.71. The molecule has 1 aromatic rings. The van der Waals surface area contributed by atoms with Crippen molar-refractivity contribution in [3.8, 4) is 0 Å². The van der Waals surface area contributed by atoms with Gasteiger partial charge in [-0.05, 0) is 45.4 Å². The third kappa shape index (κ3) is 3.22. The highest BCUT2D eigenvalue weighted by Gasteiger charge is 2.37. The van der Waals surface area contributed by atoms with Crippen LogP contribution in [0.5, 0.6) is 0 Å². The Hall–Kier alpha value is -1.40. The average Bonchev–Trinajstić information content (AvgIpc) is 2.93. The van der Waals surface area contributed by atoms with E-state index in [1.165, 1.54) is 0 Å². The van der Waals surface area contributed by atoms with E-state index in [0.29, 0.717) is 12.1 Å². The topological polar surface area (TPSA) is 87.2 Å². The van der Waals surface area contributed by atoms with Crippen molar-refractivity contribution in [3.05, 3.63) is 17.0 Å². The van der Waals surface area contributed by atoms with Crippen molar-refractivity contribution >= 4 is 5.91 Å². The van der Waals surface area contributed by atoms with Crippen molar-refractivity contribution < 1.29 is 14.6 Å². The molecule has 6 nitrogen and oxygen atoms in total. The van der Waals surface area contributed by atoms with E-state index in [4.69, 9.17) is 4.74 Å². The van der Waals surface area contributed by atoms with Crippen molar-refractivity contribution in [2.45, 2.75) is 83.6 Å². The number of aliphatic hydroxyl groups is 1.